The van der Waals surface area contributed by atoms with Gasteiger partial charge in [-0.25, -0.2) is 0 Å². The number of hydrogen-bond donors (Lipinski definition) is 2. The summed E-state index contributed by atoms with van der Waals surface area (Å²) in [6, 6.07) is -0.0464. The van der Waals surface area contributed by atoms with Crippen LogP contribution >= 0.6 is 47.0 Å². The van der Waals surface area contributed by atoms with E-state index in [1.165, 1.54) is 11.5 Å². The second-order valence-electron chi connectivity index (χ2n) is 4.16. The van der Waals surface area contributed by atoms with Crippen LogP contribution in [0.1, 0.15) is 18.2 Å². The molecule has 1 fully saturated rings. The zero-order chi connectivity index (χ0) is 13.4. The molecule has 1 aromatic rings. The largest absolute Gasteiger partial charge is 0.354 e. The average molecular weight is 330 g/mol. The molecule has 7 heteroatoms. The molecule has 1 unspecified atom stereocenters. The van der Waals surface area contributed by atoms with Gasteiger partial charge in [-0.3, -0.25) is 0 Å². The maximum atomic E-state index is 6.17. The zero-order valence-corrected chi connectivity index (χ0v) is 12.8. The van der Waals surface area contributed by atoms with Crippen LogP contribution in [-0.4, -0.2) is 9.49 Å². The molecule has 1 aromatic heterocycles. The van der Waals surface area contributed by atoms with Crippen LogP contribution in [0.25, 0.3) is 0 Å². The van der Waals surface area contributed by atoms with E-state index < -0.39 is 0 Å². The average Bonchev–Trinajstić information content (AvgIpc) is 3.01. The van der Waals surface area contributed by atoms with Gasteiger partial charge in [0.15, 0.2) is 5.11 Å². The third-order valence-electron chi connectivity index (χ3n) is 2.94. The van der Waals surface area contributed by atoms with E-state index in [1.54, 1.807) is 0 Å². The lowest BCUT2D eigenvalue weighted by Crippen LogP contribution is -2.43. The second kappa shape index (κ2) is 5.25. The van der Waals surface area contributed by atoms with Crippen LogP contribution in [0.4, 0.5) is 0 Å². The molecule has 98 valence electrons. The number of nitrogens with one attached hydrogen (secondary N) is 2. The summed E-state index contributed by atoms with van der Waals surface area (Å²) >= 11 is 18.6. The van der Waals surface area contributed by atoms with Crippen molar-refractivity contribution in [3.63, 3.8) is 0 Å². The van der Waals surface area contributed by atoms with Crippen LogP contribution in [-0.2, 0) is 0 Å². The van der Waals surface area contributed by atoms with Crippen LogP contribution in [0.5, 0.6) is 0 Å². The number of aromatic nitrogens is 1. The van der Waals surface area contributed by atoms with E-state index in [4.69, 9.17) is 35.4 Å². The van der Waals surface area contributed by atoms with Gasteiger partial charge in [0, 0.05) is 12.1 Å². The van der Waals surface area contributed by atoms with Gasteiger partial charge in [-0.1, -0.05) is 47.5 Å². The van der Waals surface area contributed by atoms with Gasteiger partial charge < -0.3 is 10.6 Å². The standard InChI is InChI=1S/C12H9Cl2N3S2/c13-9-10(17-19-11(9)14)8-5-7(15-12(18)16-8)6-3-1-2-4-6/h1-4,8H,5H2,(H2,15,16,18). The Morgan fingerprint density at radius 2 is 2.05 bits per heavy atom. The van der Waals surface area contributed by atoms with Gasteiger partial charge in [0.1, 0.15) is 4.34 Å². The number of hydrogen-bond acceptors (Lipinski definition) is 3. The van der Waals surface area contributed by atoms with Crippen molar-refractivity contribution in [2.24, 2.45) is 0 Å². The van der Waals surface area contributed by atoms with E-state index in [0.717, 1.165) is 23.4 Å². The molecular formula is C12H9Cl2N3S2. The molecule has 0 saturated carbocycles. The highest BCUT2D eigenvalue weighted by Crippen LogP contribution is 2.36. The van der Waals surface area contributed by atoms with Gasteiger partial charge in [0.2, 0.25) is 0 Å². The lowest BCUT2D eigenvalue weighted by molar-refractivity contribution is 0.577. The Bertz CT molecular complexity index is 617. The van der Waals surface area contributed by atoms with Gasteiger partial charge in [-0.05, 0) is 29.3 Å². The molecular weight excluding hydrogens is 321 g/mol. The van der Waals surface area contributed by atoms with E-state index in [9.17, 15) is 0 Å². The van der Waals surface area contributed by atoms with E-state index in [2.05, 4.69) is 15.0 Å². The number of rotatable bonds is 1. The minimum atomic E-state index is -0.0464. The molecule has 2 N–H and O–H groups in total. The van der Waals surface area contributed by atoms with Crippen LogP contribution in [0.15, 0.2) is 35.6 Å². The molecule has 1 atom stereocenters. The minimum absolute atomic E-state index is 0.0464. The van der Waals surface area contributed by atoms with Gasteiger partial charge in [0.25, 0.3) is 0 Å². The van der Waals surface area contributed by atoms with Crippen molar-refractivity contribution in [2.75, 3.05) is 0 Å². The molecule has 2 heterocycles. The second-order valence-corrected chi connectivity index (χ2v) is 6.32. The fraction of sp³-hybridized carbons (Fsp3) is 0.167. The summed E-state index contributed by atoms with van der Waals surface area (Å²) in [6.45, 7) is 0. The molecule has 3 rings (SSSR count). The lowest BCUT2D eigenvalue weighted by atomic mass is 10.0. The Morgan fingerprint density at radius 1 is 1.32 bits per heavy atom. The highest BCUT2D eigenvalue weighted by atomic mass is 35.5. The molecule has 19 heavy (non-hydrogen) atoms. The Hall–Kier alpha value is -0.880. The van der Waals surface area contributed by atoms with Crippen molar-refractivity contribution in [1.29, 1.82) is 0 Å². The highest BCUT2D eigenvalue weighted by molar-refractivity contribution is 7.80. The first-order chi connectivity index (χ1) is 9.15. The van der Waals surface area contributed by atoms with E-state index in [0.29, 0.717) is 14.5 Å². The van der Waals surface area contributed by atoms with Crippen molar-refractivity contribution in [3.8, 4) is 0 Å². The van der Waals surface area contributed by atoms with Crippen molar-refractivity contribution in [2.45, 2.75) is 12.5 Å². The molecule has 3 nitrogen and oxygen atoms in total. The molecule has 0 aromatic carbocycles. The van der Waals surface area contributed by atoms with Gasteiger partial charge in [0.05, 0.1) is 16.8 Å². The molecule has 0 radical (unpaired) electrons. The number of thiocarbonyl (C=S) groups is 1. The van der Waals surface area contributed by atoms with Crippen LogP contribution in [0, 0.1) is 0 Å². The minimum Gasteiger partial charge on any atom is -0.354 e. The monoisotopic (exact) mass is 329 g/mol. The lowest BCUT2D eigenvalue weighted by Gasteiger charge is -2.28. The van der Waals surface area contributed by atoms with Gasteiger partial charge in [-0.15, -0.1) is 0 Å². The Kier molecular flexibility index (Phi) is 3.62. The first-order valence-electron chi connectivity index (χ1n) is 5.61. The van der Waals surface area contributed by atoms with Gasteiger partial charge in [-0.2, -0.15) is 4.37 Å². The molecule has 1 saturated heterocycles. The molecule has 0 amide bonds. The van der Waals surface area contributed by atoms with Crippen molar-refractivity contribution >= 4 is 52.1 Å². The predicted molar refractivity (Wildman–Crippen MR) is 83.7 cm³/mol. The Morgan fingerprint density at radius 3 is 2.68 bits per heavy atom. The normalized spacial score (nSPS) is 21.8. The van der Waals surface area contributed by atoms with Crippen molar-refractivity contribution in [1.82, 2.24) is 15.0 Å². The zero-order valence-electron chi connectivity index (χ0n) is 9.61. The first-order valence-corrected chi connectivity index (χ1v) is 7.55. The SMILES string of the molecule is S=C1NC(=C2C=CC=C2)CC(c2nsc(Cl)c2Cl)N1. The van der Waals surface area contributed by atoms with Gasteiger partial charge >= 0.3 is 0 Å². The topological polar surface area (TPSA) is 37.0 Å². The predicted octanol–water partition coefficient (Wildman–Crippen LogP) is 3.74. The summed E-state index contributed by atoms with van der Waals surface area (Å²) in [5.41, 5.74) is 2.95. The number of halogens is 2. The van der Waals surface area contributed by atoms with Crippen molar-refractivity contribution < 1.29 is 0 Å². The fourth-order valence-electron chi connectivity index (χ4n) is 2.05. The summed E-state index contributed by atoms with van der Waals surface area (Å²) in [6.07, 6.45) is 8.82. The van der Waals surface area contributed by atoms with Crippen LogP contribution < -0.4 is 10.6 Å². The smallest absolute Gasteiger partial charge is 0.171 e. The van der Waals surface area contributed by atoms with E-state index in [1.807, 2.05) is 24.3 Å². The Balaban J connectivity index is 1.93. The highest BCUT2D eigenvalue weighted by Gasteiger charge is 2.27. The summed E-state index contributed by atoms with van der Waals surface area (Å²) in [5.74, 6) is 0. The van der Waals surface area contributed by atoms with E-state index in [-0.39, 0.29) is 6.04 Å². The maximum absolute atomic E-state index is 6.17. The summed E-state index contributed by atoms with van der Waals surface area (Å²) < 4.78 is 4.82. The third kappa shape index (κ3) is 2.56. The quantitative estimate of drug-likeness (QED) is 0.769. The summed E-state index contributed by atoms with van der Waals surface area (Å²) in [5, 5.41) is 7.45. The first kappa shape index (κ1) is 13.1. The summed E-state index contributed by atoms with van der Waals surface area (Å²) in [7, 11) is 0. The Labute approximate surface area is 130 Å². The number of allylic oxidation sites excluding steroid dienone is 5. The molecule has 1 aliphatic heterocycles. The fourth-order valence-corrected chi connectivity index (χ4v) is 3.43. The maximum Gasteiger partial charge on any atom is 0.171 e. The number of nitrogens with zero attached hydrogens (tertiary/aromatic N) is 1. The van der Waals surface area contributed by atoms with Crippen LogP contribution in [0.3, 0.4) is 0 Å². The van der Waals surface area contributed by atoms with Crippen molar-refractivity contribution in [3.05, 3.63) is 50.6 Å². The third-order valence-corrected chi connectivity index (χ3v) is 4.80. The summed E-state index contributed by atoms with van der Waals surface area (Å²) in [4.78, 5) is 0. The molecule has 2 aliphatic rings. The molecule has 0 bridgehead atoms. The van der Waals surface area contributed by atoms with E-state index >= 15 is 0 Å². The molecule has 0 spiro atoms. The van der Waals surface area contributed by atoms with Crippen LogP contribution in [0.2, 0.25) is 9.36 Å². The molecule has 1 aliphatic carbocycles.